The number of hydrogen-bond donors (Lipinski definition) is 1. The van der Waals surface area contributed by atoms with Gasteiger partial charge >= 0.3 is 0 Å². The Labute approximate surface area is 145 Å². The molecular formula is C15H26Cl2N2O3. The first-order chi connectivity index (χ1) is 9.67. The van der Waals surface area contributed by atoms with Crippen LogP contribution >= 0.6 is 24.8 Å². The number of halogens is 2. The standard InChI is InChI=1S/C15H24N2O3.2ClH/c1-16-6-8-17(9-7-16)11-13(18)12-20-15-5-3-4-14(10-15)19-2;;/h3-5,10,13,18H,6-9,11-12H2,1-2H3;2*1H. The maximum atomic E-state index is 10.0. The highest BCUT2D eigenvalue weighted by atomic mass is 35.5. The van der Waals surface area contributed by atoms with Gasteiger partial charge in [-0.3, -0.25) is 4.90 Å². The van der Waals surface area contributed by atoms with Gasteiger partial charge in [0.25, 0.3) is 0 Å². The lowest BCUT2D eigenvalue weighted by Crippen LogP contribution is -2.47. The zero-order valence-electron chi connectivity index (χ0n) is 13.1. The van der Waals surface area contributed by atoms with Gasteiger partial charge in [-0.05, 0) is 19.2 Å². The van der Waals surface area contributed by atoms with E-state index in [1.54, 1.807) is 7.11 Å². The summed E-state index contributed by atoms with van der Waals surface area (Å²) in [6.45, 7) is 5.10. The van der Waals surface area contributed by atoms with Gasteiger partial charge in [0.05, 0.1) is 7.11 Å². The van der Waals surface area contributed by atoms with Gasteiger partial charge in [-0.15, -0.1) is 24.8 Å². The second kappa shape index (κ2) is 10.9. The lowest BCUT2D eigenvalue weighted by molar-refractivity contribution is 0.0504. The van der Waals surface area contributed by atoms with E-state index in [0.29, 0.717) is 13.2 Å². The van der Waals surface area contributed by atoms with E-state index < -0.39 is 6.10 Å². The van der Waals surface area contributed by atoms with Crippen LogP contribution in [0.4, 0.5) is 0 Å². The SMILES string of the molecule is COc1cccc(OCC(O)CN2CCN(C)CC2)c1.Cl.Cl. The molecule has 0 radical (unpaired) electrons. The molecular weight excluding hydrogens is 327 g/mol. The molecule has 5 nitrogen and oxygen atoms in total. The molecule has 128 valence electrons. The Bertz CT molecular complexity index is 416. The first kappa shape index (κ1) is 21.3. The average molecular weight is 353 g/mol. The van der Waals surface area contributed by atoms with E-state index in [1.165, 1.54) is 0 Å². The molecule has 22 heavy (non-hydrogen) atoms. The third-order valence-electron chi connectivity index (χ3n) is 3.55. The number of aliphatic hydroxyl groups is 1. The third kappa shape index (κ3) is 7.03. The summed E-state index contributed by atoms with van der Waals surface area (Å²) in [6, 6.07) is 7.43. The summed E-state index contributed by atoms with van der Waals surface area (Å²) in [7, 11) is 3.75. The summed E-state index contributed by atoms with van der Waals surface area (Å²) in [5.74, 6) is 1.48. The van der Waals surface area contributed by atoms with Crippen LogP contribution in [0, 0.1) is 0 Å². The summed E-state index contributed by atoms with van der Waals surface area (Å²) in [6.07, 6.45) is -0.468. The van der Waals surface area contributed by atoms with Gasteiger partial charge in [0.15, 0.2) is 0 Å². The summed E-state index contributed by atoms with van der Waals surface area (Å²) in [4.78, 5) is 4.58. The molecule has 1 fully saturated rings. The minimum Gasteiger partial charge on any atom is -0.497 e. The van der Waals surface area contributed by atoms with Crippen molar-refractivity contribution in [1.82, 2.24) is 9.80 Å². The van der Waals surface area contributed by atoms with E-state index in [-0.39, 0.29) is 24.8 Å². The molecule has 0 saturated carbocycles. The Kier molecular flexibility index (Phi) is 10.6. The second-order valence-electron chi connectivity index (χ2n) is 5.25. The molecule has 0 aliphatic carbocycles. The van der Waals surface area contributed by atoms with Crippen molar-refractivity contribution in [2.24, 2.45) is 0 Å². The van der Waals surface area contributed by atoms with Crippen molar-refractivity contribution < 1.29 is 14.6 Å². The molecule has 0 spiro atoms. The maximum absolute atomic E-state index is 10.0. The molecule has 1 saturated heterocycles. The maximum Gasteiger partial charge on any atom is 0.123 e. The van der Waals surface area contributed by atoms with Crippen molar-refractivity contribution in [3.63, 3.8) is 0 Å². The average Bonchev–Trinajstić information content (AvgIpc) is 2.48. The monoisotopic (exact) mass is 352 g/mol. The molecule has 1 N–H and O–H groups in total. The molecule has 1 heterocycles. The molecule has 0 amide bonds. The Morgan fingerprint density at radius 3 is 2.41 bits per heavy atom. The van der Waals surface area contributed by atoms with Crippen LogP contribution in [0.15, 0.2) is 24.3 Å². The van der Waals surface area contributed by atoms with Crippen LogP contribution in [0.5, 0.6) is 11.5 Å². The Morgan fingerprint density at radius 1 is 1.14 bits per heavy atom. The molecule has 1 atom stereocenters. The quantitative estimate of drug-likeness (QED) is 0.840. The normalized spacial score (nSPS) is 17.0. The predicted octanol–water partition coefficient (Wildman–Crippen LogP) is 1.53. The van der Waals surface area contributed by atoms with Crippen LogP contribution in [0.3, 0.4) is 0 Å². The first-order valence-electron chi connectivity index (χ1n) is 7.03. The topological polar surface area (TPSA) is 45.2 Å². The van der Waals surface area contributed by atoms with Crippen molar-refractivity contribution in [2.45, 2.75) is 6.10 Å². The highest BCUT2D eigenvalue weighted by Gasteiger charge is 2.17. The number of methoxy groups -OCH3 is 1. The number of benzene rings is 1. The van der Waals surface area contributed by atoms with Crippen LogP contribution in [0.25, 0.3) is 0 Å². The van der Waals surface area contributed by atoms with Gasteiger partial charge in [0.2, 0.25) is 0 Å². The number of ether oxygens (including phenoxy) is 2. The van der Waals surface area contributed by atoms with Crippen LogP contribution in [-0.4, -0.2) is 74.5 Å². The predicted molar refractivity (Wildman–Crippen MR) is 92.9 cm³/mol. The lowest BCUT2D eigenvalue weighted by Gasteiger charge is -2.33. The van der Waals surface area contributed by atoms with Crippen LogP contribution in [0.1, 0.15) is 0 Å². The molecule has 2 rings (SSSR count). The Morgan fingerprint density at radius 2 is 1.77 bits per heavy atom. The summed E-state index contributed by atoms with van der Waals surface area (Å²) in [5.41, 5.74) is 0. The first-order valence-corrected chi connectivity index (χ1v) is 7.03. The van der Waals surface area contributed by atoms with Gasteiger partial charge in [-0.1, -0.05) is 6.07 Å². The van der Waals surface area contributed by atoms with Gasteiger partial charge in [-0.25, -0.2) is 0 Å². The van der Waals surface area contributed by atoms with Crippen molar-refractivity contribution in [2.75, 3.05) is 53.5 Å². The van der Waals surface area contributed by atoms with Gasteiger partial charge in [0.1, 0.15) is 24.2 Å². The molecule has 0 bridgehead atoms. The molecule has 1 aliphatic heterocycles. The highest BCUT2D eigenvalue weighted by molar-refractivity contribution is 5.85. The van der Waals surface area contributed by atoms with Crippen molar-refractivity contribution >= 4 is 24.8 Å². The van der Waals surface area contributed by atoms with E-state index in [1.807, 2.05) is 24.3 Å². The Balaban J connectivity index is 0.00000220. The van der Waals surface area contributed by atoms with Crippen molar-refractivity contribution in [3.8, 4) is 11.5 Å². The minimum atomic E-state index is -0.468. The molecule has 0 aromatic heterocycles. The van der Waals surface area contributed by atoms with E-state index in [9.17, 15) is 5.11 Å². The summed E-state index contributed by atoms with van der Waals surface area (Å²) < 4.78 is 10.7. The van der Waals surface area contributed by atoms with Crippen LogP contribution in [0.2, 0.25) is 0 Å². The fourth-order valence-corrected chi connectivity index (χ4v) is 2.26. The number of piperazine rings is 1. The lowest BCUT2D eigenvalue weighted by atomic mass is 10.2. The van der Waals surface area contributed by atoms with Crippen LogP contribution < -0.4 is 9.47 Å². The fraction of sp³-hybridized carbons (Fsp3) is 0.600. The number of rotatable bonds is 6. The largest absolute Gasteiger partial charge is 0.497 e. The Hall–Kier alpha value is -0.720. The van der Waals surface area contributed by atoms with E-state index in [0.717, 1.165) is 37.7 Å². The number of hydrogen-bond acceptors (Lipinski definition) is 5. The number of aliphatic hydroxyl groups excluding tert-OH is 1. The number of nitrogens with zero attached hydrogens (tertiary/aromatic N) is 2. The van der Waals surface area contributed by atoms with Crippen molar-refractivity contribution in [3.05, 3.63) is 24.3 Å². The molecule has 1 aromatic rings. The van der Waals surface area contributed by atoms with Gasteiger partial charge < -0.3 is 19.5 Å². The molecule has 1 aromatic carbocycles. The second-order valence-corrected chi connectivity index (χ2v) is 5.25. The van der Waals surface area contributed by atoms with Gasteiger partial charge in [0, 0.05) is 38.8 Å². The zero-order valence-corrected chi connectivity index (χ0v) is 14.7. The highest BCUT2D eigenvalue weighted by Crippen LogP contribution is 2.18. The number of β-amino-alcohol motifs (C(OH)–C–C–N with tert-alkyl or cyclic N) is 1. The van der Waals surface area contributed by atoms with Gasteiger partial charge in [-0.2, -0.15) is 0 Å². The van der Waals surface area contributed by atoms with E-state index >= 15 is 0 Å². The summed E-state index contributed by atoms with van der Waals surface area (Å²) >= 11 is 0. The summed E-state index contributed by atoms with van der Waals surface area (Å²) in [5, 5.41) is 10.0. The molecule has 1 unspecified atom stereocenters. The van der Waals surface area contributed by atoms with E-state index in [4.69, 9.17) is 9.47 Å². The fourth-order valence-electron chi connectivity index (χ4n) is 2.26. The van der Waals surface area contributed by atoms with E-state index in [2.05, 4.69) is 16.8 Å². The third-order valence-corrected chi connectivity index (χ3v) is 3.55. The zero-order chi connectivity index (χ0) is 14.4. The number of likely N-dealkylation sites (N-methyl/N-ethyl adjacent to an activating group) is 1. The van der Waals surface area contributed by atoms with Crippen molar-refractivity contribution in [1.29, 1.82) is 0 Å². The van der Waals surface area contributed by atoms with Crippen LogP contribution in [-0.2, 0) is 0 Å². The smallest absolute Gasteiger partial charge is 0.123 e. The minimum absolute atomic E-state index is 0. The molecule has 7 heteroatoms. The molecule has 1 aliphatic rings.